The minimum absolute atomic E-state index is 0.140. The molecule has 1 aliphatic heterocycles. The van der Waals surface area contributed by atoms with E-state index in [4.69, 9.17) is 10.8 Å². The van der Waals surface area contributed by atoms with Gasteiger partial charge < -0.3 is 16.2 Å². The van der Waals surface area contributed by atoms with Gasteiger partial charge in [-0.2, -0.15) is 0 Å². The van der Waals surface area contributed by atoms with Gasteiger partial charge in [-0.3, -0.25) is 4.90 Å². The van der Waals surface area contributed by atoms with Crippen molar-refractivity contribution in [2.75, 3.05) is 26.2 Å². The highest BCUT2D eigenvalue weighted by molar-refractivity contribution is 5.05. The molecule has 0 aromatic carbocycles. The van der Waals surface area contributed by atoms with Crippen molar-refractivity contribution in [1.29, 1.82) is 0 Å². The molecule has 1 heterocycles. The Labute approximate surface area is 111 Å². The summed E-state index contributed by atoms with van der Waals surface area (Å²) in [4.78, 5) is 2.65. The van der Waals surface area contributed by atoms with Gasteiger partial charge in [0.05, 0.1) is 0 Å². The lowest BCUT2D eigenvalue weighted by molar-refractivity contribution is 0.240. The second kappa shape index (κ2) is 6.33. The van der Waals surface area contributed by atoms with Gasteiger partial charge in [-0.1, -0.05) is 0 Å². The summed E-state index contributed by atoms with van der Waals surface area (Å²) in [5, 5.41) is 12.5. The highest BCUT2D eigenvalue weighted by Gasteiger charge is 2.45. The highest BCUT2D eigenvalue weighted by Crippen LogP contribution is 2.36. The molecule has 2 aliphatic rings. The van der Waals surface area contributed by atoms with E-state index in [-0.39, 0.29) is 5.54 Å². The first-order valence-corrected chi connectivity index (χ1v) is 7.52. The first-order valence-electron chi connectivity index (χ1n) is 7.52. The van der Waals surface area contributed by atoms with E-state index in [0.29, 0.717) is 12.6 Å². The quantitative estimate of drug-likeness (QED) is 0.559. The SMILES string of the molecule is CC1CC(CN)(NCCCCCO)CN1C1CC1. The largest absolute Gasteiger partial charge is 0.396 e. The zero-order valence-electron chi connectivity index (χ0n) is 11.7. The van der Waals surface area contributed by atoms with Crippen LogP contribution in [0.5, 0.6) is 0 Å². The van der Waals surface area contributed by atoms with Gasteiger partial charge in [0.2, 0.25) is 0 Å². The van der Waals surface area contributed by atoms with Crippen molar-refractivity contribution in [2.24, 2.45) is 5.73 Å². The zero-order chi connectivity index (χ0) is 13.0. The molecule has 0 aromatic heterocycles. The minimum atomic E-state index is 0.140. The second-order valence-corrected chi connectivity index (χ2v) is 6.15. The maximum Gasteiger partial charge on any atom is 0.0447 e. The third-order valence-corrected chi connectivity index (χ3v) is 4.48. The van der Waals surface area contributed by atoms with Crippen molar-refractivity contribution >= 4 is 0 Å². The fourth-order valence-corrected chi connectivity index (χ4v) is 3.26. The lowest BCUT2D eigenvalue weighted by Gasteiger charge is -2.29. The van der Waals surface area contributed by atoms with Crippen molar-refractivity contribution in [3.05, 3.63) is 0 Å². The molecule has 106 valence electrons. The van der Waals surface area contributed by atoms with Crippen LogP contribution in [0.1, 0.15) is 45.4 Å². The van der Waals surface area contributed by atoms with E-state index >= 15 is 0 Å². The Hall–Kier alpha value is -0.160. The van der Waals surface area contributed by atoms with E-state index in [1.807, 2.05) is 0 Å². The lowest BCUT2D eigenvalue weighted by atomic mass is 9.96. The van der Waals surface area contributed by atoms with E-state index in [1.165, 1.54) is 19.3 Å². The van der Waals surface area contributed by atoms with Crippen LogP contribution in [-0.4, -0.2) is 53.9 Å². The van der Waals surface area contributed by atoms with Gasteiger partial charge >= 0.3 is 0 Å². The molecule has 0 bridgehead atoms. The summed E-state index contributed by atoms with van der Waals surface area (Å²) in [7, 11) is 0. The number of unbranched alkanes of at least 4 members (excludes halogenated alkanes) is 2. The van der Waals surface area contributed by atoms with Crippen molar-refractivity contribution in [1.82, 2.24) is 10.2 Å². The number of rotatable bonds is 8. The average molecular weight is 255 g/mol. The summed E-state index contributed by atoms with van der Waals surface area (Å²) in [5.74, 6) is 0. The summed E-state index contributed by atoms with van der Waals surface area (Å²) in [6, 6.07) is 1.51. The molecule has 1 saturated heterocycles. The number of aliphatic hydroxyl groups is 1. The maximum atomic E-state index is 8.76. The summed E-state index contributed by atoms with van der Waals surface area (Å²) in [5.41, 5.74) is 6.17. The third-order valence-electron chi connectivity index (χ3n) is 4.48. The van der Waals surface area contributed by atoms with Crippen LogP contribution in [-0.2, 0) is 0 Å². The smallest absolute Gasteiger partial charge is 0.0447 e. The van der Waals surface area contributed by atoms with Crippen LogP contribution in [0.3, 0.4) is 0 Å². The Kier molecular flexibility index (Phi) is 5.01. The second-order valence-electron chi connectivity index (χ2n) is 6.15. The molecular weight excluding hydrogens is 226 g/mol. The molecule has 4 N–H and O–H groups in total. The molecule has 2 unspecified atom stereocenters. The monoisotopic (exact) mass is 255 g/mol. The number of nitrogens with two attached hydrogens (primary N) is 1. The van der Waals surface area contributed by atoms with E-state index in [1.54, 1.807) is 0 Å². The number of likely N-dealkylation sites (tertiary alicyclic amines) is 1. The molecule has 2 rings (SSSR count). The van der Waals surface area contributed by atoms with Crippen molar-refractivity contribution in [3.8, 4) is 0 Å². The average Bonchev–Trinajstić information content (AvgIpc) is 3.15. The Bertz CT molecular complexity index is 257. The normalized spacial score (nSPS) is 33.2. The van der Waals surface area contributed by atoms with Gasteiger partial charge in [0.25, 0.3) is 0 Å². The number of hydrogen-bond acceptors (Lipinski definition) is 4. The van der Waals surface area contributed by atoms with E-state index < -0.39 is 0 Å². The van der Waals surface area contributed by atoms with Gasteiger partial charge in [0.15, 0.2) is 0 Å². The molecule has 1 saturated carbocycles. The number of hydrogen-bond donors (Lipinski definition) is 3. The van der Waals surface area contributed by atoms with Gasteiger partial charge in [0, 0.05) is 37.3 Å². The fraction of sp³-hybridized carbons (Fsp3) is 1.00. The van der Waals surface area contributed by atoms with Crippen molar-refractivity contribution in [3.63, 3.8) is 0 Å². The van der Waals surface area contributed by atoms with Crippen LogP contribution in [0.25, 0.3) is 0 Å². The van der Waals surface area contributed by atoms with Gasteiger partial charge in [0.1, 0.15) is 0 Å². The summed E-state index contributed by atoms with van der Waals surface area (Å²) < 4.78 is 0. The van der Waals surface area contributed by atoms with Gasteiger partial charge in [-0.05, 0) is 52.0 Å². The molecule has 0 radical (unpaired) electrons. The molecule has 2 atom stereocenters. The number of aliphatic hydroxyl groups excluding tert-OH is 1. The predicted octanol–water partition coefficient (Wildman–Crippen LogP) is 0.693. The molecule has 18 heavy (non-hydrogen) atoms. The predicted molar refractivity (Wildman–Crippen MR) is 74.5 cm³/mol. The Morgan fingerprint density at radius 3 is 2.72 bits per heavy atom. The van der Waals surface area contributed by atoms with Crippen LogP contribution >= 0.6 is 0 Å². The van der Waals surface area contributed by atoms with Crippen LogP contribution in [0.15, 0.2) is 0 Å². The standard InChI is InChI=1S/C14H29N3O/c1-12-9-14(10-15,11-17(12)13-5-6-13)16-7-3-2-4-8-18/h12-13,16,18H,2-11,15H2,1H3. The summed E-state index contributed by atoms with van der Waals surface area (Å²) in [6.07, 6.45) is 7.09. The molecule has 4 nitrogen and oxygen atoms in total. The zero-order valence-corrected chi connectivity index (χ0v) is 11.7. The van der Waals surface area contributed by atoms with E-state index in [2.05, 4.69) is 17.1 Å². The van der Waals surface area contributed by atoms with Crippen LogP contribution < -0.4 is 11.1 Å². The highest BCUT2D eigenvalue weighted by atomic mass is 16.2. The third kappa shape index (κ3) is 3.44. The fourth-order valence-electron chi connectivity index (χ4n) is 3.26. The Morgan fingerprint density at radius 1 is 1.33 bits per heavy atom. The number of nitrogens with zero attached hydrogens (tertiary/aromatic N) is 1. The first kappa shape index (κ1) is 14.3. The van der Waals surface area contributed by atoms with E-state index in [9.17, 15) is 0 Å². The number of nitrogens with one attached hydrogen (secondary N) is 1. The Balaban J connectivity index is 1.76. The molecule has 0 spiro atoms. The van der Waals surface area contributed by atoms with Crippen LogP contribution in [0.4, 0.5) is 0 Å². The van der Waals surface area contributed by atoms with Crippen molar-refractivity contribution < 1.29 is 5.11 Å². The van der Waals surface area contributed by atoms with Crippen LogP contribution in [0, 0.1) is 0 Å². The molecule has 0 aromatic rings. The van der Waals surface area contributed by atoms with Gasteiger partial charge in [-0.15, -0.1) is 0 Å². The van der Waals surface area contributed by atoms with Crippen molar-refractivity contribution in [2.45, 2.75) is 63.1 Å². The van der Waals surface area contributed by atoms with E-state index in [0.717, 1.165) is 44.9 Å². The molecular formula is C14H29N3O. The lowest BCUT2D eigenvalue weighted by Crippen LogP contribution is -2.53. The van der Waals surface area contributed by atoms with Crippen LogP contribution in [0.2, 0.25) is 0 Å². The molecule has 2 fully saturated rings. The summed E-state index contributed by atoms with van der Waals surface area (Å²) in [6.45, 7) is 5.54. The molecule has 4 heteroatoms. The first-order chi connectivity index (χ1) is 8.71. The Morgan fingerprint density at radius 2 is 2.11 bits per heavy atom. The maximum absolute atomic E-state index is 8.76. The molecule has 1 aliphatic carbocycles. The van der Waals surface area contributed by atoms with Gasteiger partial charge in [-0.25, -0.2) is 0 Å². The topological polar surface area (TPSA) is 61.5 Å². The summed E-state index contributed by atoms with van der Waals surface area (Å²) >= 11 is 0. The minimum Gasteiger partial charge on any atom is -0.396 e. The molecule has 0 amide bonds.